The average Bonchev–Trinajstić information content (AvgIpc) is 2.27. The standard InChI is InChI=1S/C14H25NO3/c1-13(2)10-4-5-14(3,18-13)12(11(10)16)15-6-8-17-9-7-15/h10-12,16H,4-9H2,1-3H3/t10-,11-,12-,14+/m1/s1. The zero-order chi connectivity index (χ0) is 13.0. The molecule has 104 valence electrons. The lowest BCUT2D eigenvalue weighted by molar-refractivity contribution is -0.298. The number of aliphatic hydroxyl groups is 1. The molecule has 0 spiro atoms. The molecule has 0 unspecified atom stereocenters. The number of aliphatic hydroxyl groups excluding tert-OH is 1. The van der Waals surface area contributed by atoms with Gasteiger partial charge in [0.05, 0.1) is 36.6 Å². The molecule has 4 nitrogen and oxygen atoms in total. The van der Waals surface area contributed by atoms with Crippen molar-refractivity contribution in [3.05, 3.63) is 0 Å². The second kappa shape index (κ2) is 4.17. The summed E-state index contributed by atoms with van der Waals surface area (Å²) < 4.78 is 11.8. The van der Waals surface area contributed by atoms with Crippen LogP contribution in [0.2, 0.25) is 0 Å². The highest BCUT2D eigenvalue weighted by molar-refractivity contribution is 5.11. The zero-order valence-corrected chi connectivity index (χ0v) is 11.7. The summed E-state index contributed by atoms with van der Waals surface area (Å²) >= 11 is 0. The summed E-state index contributed by atoms with van der Waals surface area (Å²) in [5.74, 6) is 0.257. The maximum Gasteiger partial charge on any atom is 0.0841 e. The van der Waals surface area contributed by atoms with Crippen molar-refractivity contribution in [1.82, 2.24) is 4.90 Å². The van der Waals surface area contributed by atoms with Crippen molar-refractivity contribution < 1.29 is 14.6 Å². The van der Waals surface area contributed by atoms with Crippen LogP contribution in [0.4, 0.5) is 0 Å². The number of nitrogens with zero attached hydrogens (tertiary/aromatic N) is 1. The molecule has 3 aliphatic heterocycles. The van der Waals surface area contributed by atoms with Crippen molar-refractivity contribution in [2.24, 2.45) is 5.92 Å². The first-order valence-electron chi connectivity index (χ1n) is 7.14. The van der Waals surface area contributed by atoms with Crippen molar-refractivity contribution in [2.75, 3.05) is 26.3 Å². The van der Waals surface area contributed by atoms with Gasteiger partial charge in [0.2, 0.25) is 0 Å². The quantitative estimate of drug-likeness (QED) is 0.760. The van der Waals surface area contributed by atoms with E-state index in [-0.39, 0.29) is 29.3 Å². The van der Waals surface area contributed by atoms with Gasteiger partial charge >= 0.3 is 0 Å². The fraction of sp³-hybridized carbons (Fsp3) is 1.00. The Kier molecular flexibility index (Phi) is 2.98. The van der Waals surface area contributed by atoms with E-state index in [1.807, 2.05) is 0 Å². The van der Waals surface area contributed by atoms with Gasteiger partial charge in [0.15, 0.2) is 0 Å². The monoisotopic (exact) mass is 255 g/mol. The summed E-state index contributed by atoms with van der Waals surface area (Å²) in [4.78, 5) is 2.37. The van der Waals surface area contributed by atoms with E-state index >= 15 is 0 Å². The molecule has 4 aliphatic rings. The molecule has 0 radical (unpaired) electrons. The maximum absolute atomic E-state index is 10.7. The lowest BCUT2D eigenvalue weighted by atomic mass is 9.64. The van der Waals surface area contributed by atoms with Gasteiger partial charge in [-0.15, -0.1) is 0 Å². The first kappa shape index (κ1) is 12.9. The summed E-state index contributed by atoms with van der Waals surface area (Å²) in [5.41, 5.74) is -0.412. The molecule has 2 bridgehead atoms. The first-order valence-corrected chi connectivity index (χ1v) is 7.14. The van der Waals surface area contributed by atoms with Gasteiger partial charge in [0.25, 0.3) is 0 Å². The molecule has 4 fully saturated rings. The van der Waals surface area contributed by atoms with Gasteiger partial charge in [-0.1, -0.05) is 0 Å². The van der Waals surface area contributed by atoms with Crippen molar-refractivity contribution in [3.63, 3.8) is 0 Å². The number of rotatable bonds is 1. The molecular weight excluding hydrogens is 230 g/mol. The van der Waals surface area contributed by atoms with Crippen LogP contribution in [0.3, 0.4) is 0 Å². The largest absolute Gasteiger partial charge is 0.391 e. The predicted molar refractivity (Wildman–Crippen MR) is 68.5 cm³/mol. The first-order chi connectivity index (χ1) is 8.44. The molecule has 0 aromatic heterocycles. The van der Waals surface area contributed by atoms with Crippen LogP contribution in [-0.4, -0.2) is 59.7 Å². The van der Waals surface area contributed by atoms with Crippen LogP contribution in [0.1, 0.15) is 33.6 Å². The van der Waals surface area contributed by atoms with Crippen LogP contribution >= 0.6 is 0 Å². The molecule has 18 heavy (non-hydrogen) atoms. The molecule has 1 N–H and O–H groups in total. The van der Waals surface area contributed by atoms with Crippen molar-refractivity contribution >= 4 is 0 Å². The topological polar surface area (TPSA) is 41.9 Å². The van der Waals surface area contributed by atoms with Crippen LogP contribution in [0.15, 0.2) is 0 Å². The second-order valence-electron chi connectivity index (χ2n) is 6.75. The molecule has 3 heterocycles. The fourth-order valence-electron chi connectivity index (χ4n) is 4.35. The van der Waals surface area contributed by atoms with Crippen LogP contribution in [0, 0.1) is 5.92 Å². The van der Waals surface area contributed by atoms with Gasteiger partial charge in [-0.2, -0.15) is 0 Å². The van der Waals surface area contributed by atoms with Gasteiger partial charge in [-0.3, -0.25) is 4.90 Å². The minimum Gasteiger partial charge on any atom is -0.391 e. The van der Waals surface area contributed by atoms with E-state index in [0.717, 1.165) is 39.1 Å². The van der Waals surface area contributed by atoms with E-state index in [1.54, 1.807) is 0 Å². The summed E-state index contributed by atoms with van der Waals surface area (Å²) in [7, 11) is 0. The van der Waals surface area contributed by atoms with Gasteiger partial charge < -0.3 is 14.6 Å². The molecule has 1 aliphatic carbocycles. The molecule has 0 aromatic rings. The third-order valence-corrected chi connectivity index (χ3v) is 5.14. The molecule has 1 saturated carbocycles. The minimum absolute atomic E-state index is 0.133. The Bertz CT molecular complexity index is 327. The highest BCUT2D eigenvalue weighted by Crippen LogP contribution is 2.51. The number of morpholine rings is 1. The van der Waals surface area contributed by atoms with Crippen LogP contribution in [0.25, 0.3) is 0 Å². The van der Waals surface area contributed by atoms with E-state index < -0.39 is 0 Å². The highest BCUT2D eigenvalue weighted by Gasteiger charge is 2.60. The summed E-state index contributed by atoms with van der Waals surface area (Å²) in [6.07, 6.45) is 1.86. The Morgan fingerprint density at radius 2 is 1.83 bits per heavy atom. The molecule has 4 atom stereocenters. The van der Waals surface area contributed by atoms with Crippen LogP contribution in [0.5, 0.6) is 0 Å². The van der Waals surface area contributed by atoms with Gasteiger partial charge in [0.1, 0.15) is 0 Å². The lowest BCUT2D eigenvalue weighted by Gasteiger charge is -2.62. The SMILES string of the molecule is CC1(C)O[C@@]2(C)CC[C@@H]1[C@@H](O)[C@H]2N1CCOCC1. The zero-order valence-electron chi connectivity index (χ0n) is 11.7. The Hall–Kier alpha value is -0.160. The number of hydrogen-bond donors (Lipinski definition) is 1. The molecule has 0 amide bonds. The smallest absolute Gasteiger partial charge is 0.0841 e. The van der Waals surface area contributed by atoms with Crippen molar-refractivity contribution in [1.29, 1.82) is 0 Å². The number of fused-ring (bicyclic) bond motifs is 3. The van der Waals surface area contributed by atoms with Crippen molar-refractivity contribution in [3.8, 4) is 0 Å². The third kappa shape index (κ3) is 1.82. The Morgan fingerprint density at radius 3 is 2.39 bits per heavy atom. The highest BCUT2D eigenvalue weighted by atomic mass is 16.5. The van der Waals surface area contributed by atoms with Crippen LogP contribution in [-0.2, 0) is 9.47 Å². The number of ether oxygens (including phenoxy) is 2. The lowest BCUT2D eigenvalue weighted by Crippen LogP contribution is -2.73. The Morgan fingerprint density at radius 1 is 1.17 bits per heavy atom. The van der Waals surface area contributed by atoms with E-state index in [0.29, 0.717) is 0 Å². The maximum atomic E-state index is 10.7. The van der Waals surface area contributed by atoms with Gasteiger partial charge in [-0.05, 0) is 33.6 Å². The summed E-state index contributed by atoms with van der Waals surface area (Å²) in [6.45, 7) is 9.78. The molecule has 4 rings (SSSR count). The Labute approximate surface area is 109 Å². The van der Waals surface area contributed by atoms with Gasteiger partial charge in [0, 0.05) is 19.0 Å². The molecule has 3 saturated heterocycles. The number of hydrogen-bond acceptors (Lipinski definition) is 4. The second-order valence-corrected chi connectivity index (χ2v) is 6.75. The fourth-order valence-corrected chi connectivity index (χ4v) is 4.35. The molecule has 4 heteroatoms. The van der Waals surface area contributed by atoms with Crippen LogP contribution < -0.4 is 0 Å². The minimum atomic E-state index is -0.273. The summed E-state index contributed by atoms with van der Waals surface area (Å²) in [5, 5.41) is 10.7. The van der Waals surface area contributed by atoms with Gasteiger partial charge in [-0.25, -0.2) is 0 Å². The van der Waals surface area contributed by atoms with Crippen molar-refractivity contribution in [2.45, 2.75) is 57.0 Å². The third-order valence-electron chi connectivity index (χ3n) is 5.14. The van der Waals surface area contributed by atoms with E-state index in [1.165, 1.54) is 0 Å². The normalized spacial score (nSPS) is 48.3. The summed E-state index contributed by atoms with van der Waals surface area (Å²) in [6, 6.07) is 0.133. The van der Waals surface area contributed by atoms with E-state index in [9.17, 15) is 5.11 Å². The van der Waals surface area contributed by atoms with E-state index in [2.05, 4.69) is 25.7 Å². The Balaban J connectivity index is 1.87. The molecular formula is C14H25NO3. The predicted octanol–water partition coefficient (Wildman–Crippen LogP) is 1.03. The van der Waals surface area contributed by atoms with E-state index in [4.69, 9.17) is 9.47 Å². The average molecular weight is 255 g/mol. The molecule has 0 aromatic carbocycles.